The van der Waals surface area contributed by atoms with E-state index in [1.54, 1.807) is 18.2 Å². The molecule has 2 aromatic rings. The van der Waals surface area contributed by atoms with Crippen LogP contribution < -0.4 is 10.6 Å². The van der Waals surface area contributed by atoms with Gasteiger partial charge in [-0.2, -0.15) is 0 Å². The van der Waals surface area contributed by atoms with Gasteiger partial charge in [-0.25, -0.2) is 4.79 Å². The number of nitrogens with zero attached hydrogens (tertiary/aromatic N) is 3. The molecule has 2 aliphatic rings. The lowest BCUT2D eigenvalue weighted by Crippen LogP contribution is -2.47. The summed E-state index contributed by atoms with van der Waals surface area (Å²) < 4.78 is 0. The smallest absolute Gasteiger partial charge is 0.319 e. The first-order chi connectivity index (χ1) is 17.9. The second kappa shape index (κ2) is 13.4. The van der Waals surface area contributed by atoms with Gasteiger partial charge in [-0.1, -0.05) is 41.8 Å². The number of piperidine rings is 2. The minimum absolute atomic E-state index is 0.0467. The molecule has 0 spiro atoms. The molecule has 2 saturated heterocycles. The van der Waals surface area contributed by atoms with Crippen LogP contribution >= 0.6 is 23.2 Å². The molecule has 0 bridgehead atoms. The summed E-state index contributed by atoms with van der Waals surface area (Å²) in [6.45, 7) is 6.02. The first-order valence-corrected chi connectivity index (χ1v) is 13.9. The van der Waals surface area contributed by atoms with Crippen molar-refractivity contribution >= 4 is 40.6 Å². The number of amides is 2. The van der Waals surface area contributed by atoms with E-state index in [1.165, 1.54) is 57.3 Å². The highest BCUT2D eigenvalue weighted by Gasteiger charge is 2.26. The maximum Gasteiger partial charge on any atom is 0.319 e. The molecule has 10 heteroatoms. The zero-order chi connectivity index (χ0) is 26.2. The lowest BCUT2D eigenvalue weighted by Gasteiger charge is -2.40. The Balaban J connectivity index is 1.32. The molecule has 200 valence electrons. The van der Waals surface area contributed by atoms with Gasteiger partial charge in [0.25, 0.3) is 5.69 Å². The first-order valence-electron chi connectivity index (χ1n) is 13.1. The summed E-state index contributed by atoms with van der Waals surface area (Å²) >= 11 is 12.4. The molecule has 1 unspecified atom stereocenters. The maximum absolute atomic E-state index is 12.6. The fourth-order valence-corrected chi connectivity index (χ4v) is 5.68. The standard InChI is InChI=1S/C27H35Cl2N5O3/c28-25-8-7-20(17-26(25)29)21(19-30-27(35)31-22-5-4-6-24(18-22)34(36)37)9-14-32-15-10-23(11-16-32)33-12-2-1-3-13-33/h4-8,17-18,21,23H,1-3,9-16,19H2,(H2,30,31,35). The molecule has 2 amide bonds. The molecule has 4 rings (SSSR count). The van der Waals surface area contributed by atoms with E-state index in [-0.39, 0.29) is 11.6 Å². The van der Waals surface area contributed by atoms with Crippen LogP contribution in [0, 0.1) is 10.1 Å². The van der Waals surface area contributed by atoms with Crippen LogP contribution in [-0.4, -0.2) is 66.1 Å². The number of urea groups is 1. The van der Waals surface area contributed by atoms with E-state index in [0.717, 1.165) is 31.6 Å². The number of nitrogens with one attached hydrogen (secondary N) is 2. The van der Waals surface area contributed by atoms with Crippen LogP contribution in [0.3, 0.4) is 0 Å². The van der Waals surface area contributed by atoms with Gasteiger partial charge in [0.05, 0.1) is 15.0 Å². The Kier molecular flexibility index (Phi) is 10.0. The highest BCUT2D eigenvalue weighted by molar-refractivity contribution is 6.42. The number of carbonyl (C=O) groups excluding carboxylic acids is 1. The van der Waals surface area contributed by atoms with Gasteiger partial charge >= 0.3 is 6.03 Å². The van der Waals surface area contributed by atoms with Gasteiger partial charge in [0, 0.05) is 36.3 Å². The fraction of sp³-hybridized carbons (Fsp3) is 0.519. The van der Waals surface area contributed by atoms with Gasteiger partial charge in [0.2, 0.25) is 0 Å². The minimum atomic E-state index is -0.487. The van der Waals surface area contributed by atoms with Crippen LogP contribution in [0.1, 0.15) is 50.0 Å². The molecule has 37 heavy (non-hydrogen) atoms. The van der Waals surface area contributed by atoms with Crippen LogP contribution in [0.4, 0.5) is 16.2 Å². The van der Waals surface area contributed by atoms with Crippen molar-refractivity contribution in [2.24, 2.45) is 0 Å². The van der Waals surface area contributed by atoms with Crippen molar-refractivity contribution in [2.45, 2.75) is 50.5 Å². The zero-order valence-electron chi connectivity index (χ0n) is 21.0. The normalized spacial score (nSPS) is 18.3. The predicted octanol–water partition coefficient (Wildman–Crippen LogP) is 6.15. The third-order valence-corrected chi connectivity index (χ3v) is 8.24. The van der Waals surface area contributed by atoms with Gasteiger partial charge in [-0.3, -0.25) is 10.1 Å². The van der Waals surface area contributed by atoms with E-state index in [9.17, 15) is 14.9 Å². The van der Waals surface area contributed by atoms with Crippen molar-refractivity contribution in [3.63, 3.8) is 0 Å². The number of likely N-dealkylation sites (tertiary alicyclic amines) is 2. The van der Waals surface area contributed by atoms with Gasteiger partial charge in [-0.15, -0.1) is 0 Å². The number of rotatable bonds is 9. The maximum atomic E-state index is 12.6. The molecule has 2 heterocycles. The Bertz CT molecular complexity index is 1070. The van der Waals surface area contributed by atoms with E-state index >= 15 is 0 Å². The molecule has 0 aliphatic carbocycles. The molecule has 2 aromatic carbocycles. The Morgan fingerprint density at radius 1 is 1.03 bits per heavy atom. The van der Waals surface area contributed by atoms with E-state index < -0.39 is 11.0 Å². The number of nitro groups is 1. The van der Waals surface area contributed by atoms with Crippen molar-refractivity contribution in [1.82, 2.24) is 15.1 Å². The molecule has 2 fully saturated rings. The van der Waals surface area contributed by atoms with Gasteiger partial charge in [0.15, 0.2) is 0 Å². The summed E-state index contributed by atoms with van der Waals surface area (Å²) in [5, 5.41) is 17.6. The van der Waals surface area contributed by atoms with Crippen LogP contribution in [0.5, 0.6) is 0 Å². The van der Waals surface area contributed by atoms with Crippen LogP contribution in [0.2, 0.25) is 10.0 Å². The third-order valence-electron chi connectivity index (χ3n) is 7.50. The molecule has 2 N–H and O–H groups in total. The Morgan fingerprint density at radius 2 is 1.78 bits per heavy atom. The van der Waals surface area contributed by atoms with Crippen molar-refractivity contribution in [1.29, 1.82) is 0 Å². The third kappa shape index (κ3) is 8.04. The topological polar surface area (TPSA) is 90.8 Å². The summed E-state index contributed by atoms with van der Waals surface area (Å²) in [4.78, 5) is 28.3. The van der Waals surface area contributed by atoms with Crippen molar-refractivity contribution in [3.05, 3.63) is 68.2 Å². The van der Waals surface area contributed by atoms with Crippen molar-refractivity contribution in [3.8, 4) is 0 Å². The van der Waals surface area contributed by atoms with Crippen LogP contribution in [-0.2, 0) is 0 Å². The number of hydrogen-bond donors (Lipinski definition) is 2. The van der Waals surface area contributed by atoms with Gasteiger partial charge < -0.3 is 20.4 Å². The molecule has 0 aromatic heterocycles. The summed E-state index contributed by atoms with van der Waals surface area (Å²) in [5.41, 5.74) is 1.32. The van der Waals surface area contributed by atoms with E-state index in [4.69, 9.17) is 23.2 Å². The average Bonchev–Trinajstić information content (AvgIpc) is 2.91. The van der Waals surface area contributed by atoms with Crippen molar-refractivity contribution in [2.75, 3.05) is 44.6 Å². The summed E-state index contributed by atoms with van der Waals surface area (Å²) in [6.07, 6.45) is 7.30. The van der Waals surface area contributed by atoms with E-state index in [2.05, 4.69) is 20.4 Å². The summed E-state index contributed by atoms with van der Waals surface area (Å²) in [7, 11) is 0. The fourth-order valence-electron chi connectivity index (χ4n) is 5.37. The lowest BCUT2D eigenvalue weighted by molar-refractivity contribution is -0.384. The van der Waals surface area contributed by atoms with E-state index in [0.29, 0.717) is 28.3 Å². The number of nitro benzene ring substituents is 1. The molecule has 0 radical (unpaired) electrons. The molecule has 2 aliphatic heterocycles. The van der Waals surface area contributed by atoms with Gasteiger partial charge in [0.1, 0.15) is 0 Å². The Hall–Kier alpha value is -2.39. The number of halogens is 2. The second-order valence-corrected chi connectivity index (χ2v) is 10.8. The Morgan fingerprint density at radius 3 is 2.49 bits per heavy atom. The molecular weight excluding hydrogens is 513 g/mol. The largest absolute Gasteiger partial charge is 0.337 e. The number of anilines is 1. The lowest BCUT2D eigenvalue weighted by atomic mass is 9.94. The number of benzene rings is 2. The summed E-state index contributed by atoms with van der Waals surface area (Å²) in [5.74, 6) is 0.0467. The van der Waals surface area contributed by atoms with Crippen molar-refractivity contribution < 1.29 is 9.72 Å². The number of carbonyl (C=O) groups is 1. The highest BCUT2D eigenvalue weighted by atomic mass is 35.5. The minimum Gasteiger partial charge on any atom is -0.337 e. The molecule has 1 atom stereocenters. The highest BCUT2D eigenvalue weighted by Crippen LogP contribution is 2.29. The quantitative estimate of drug-likeness (QED) is 0.290. The average molecular weight is 549 g/mol. The molecular formula is C27H35Cl2N5O3. The zero-order valence-corrected chi connectivity index (χ0v) is 22.5. The second-order valence-electron chi connectivity index (χ2n) is 9.97. The molecule has 8 nitrogen and oxygen atoms in total. The first kappa shape index (κ1) is 27.6. The van der Waals surface area contributed by atoms with Gasteiger partial charge in [-0.05, 0) is 88.6 Å². The predicted molar refractivity (Wildman–Crippen MR) is 149 cm³/mol. The summed E-state index contributed by atoms with van der Waals surface area (Å²) in [6, 6.07) is 11.8. The van der Waals surface area contributed by atoms with E-state index in [1.807, 2.05) is 12.1 Å². The van der Waals surface area contributed by atoms with Crippen LogP contribution in [0.15, 0.2) is 42.5 Å². The number of hydrogen-bond acceptors (Lipinski definition) is 5. The van der Waals surface area contributed by atoms with Crippen LogP contribution in [0.25, 0.3) is 0 Å². The Labute approximate surface area is 228 Å². The molecule has 0 saturated carbocycles. The SMILES string of the molecule is O=C(NCC(CCN1CCC(N2CCCCC2)CC1)c1ccc(Cl)c(Cl)c1)Nc1cccc([N+](=O)[O-])c1. The monoisotopic (exact) mass is 547 g/mol. The number of non-ortho nitro benzene ring substituents is 1.